The number of aliphatic hydroxyl groups excluding tert-OH is 1. The highest BCUT2D eigenvalue weighted by atomic mass is 32.1. The summed E-state index contributed by atoms with van der Waals surface area (Å²) in [6, 6.07) is 17.1. The molecule has 30 heavy (non-hydrogen) atoms. The summed E-state index contributed by atoms with van der Waals surface area (Å²) in [6.07, 6.45) is 3.52. The molecule has 2 aromatic carbocycles. The highest BCUT2D eigenvalue weighted by Gasteiger charge is 2.24. The molecule has 0 saturated carbocycles. The van der Waals surface area contributed by atoms with Gasteiger partial charge in [0.2, 0.25) is 0 Å². The first-order valence-corrected chi connectivity index (χ1v) is 9.59. The molecule has 0 aliphatic heterocycles. The Kier molecular flexibility index (Phi) is 6.74. The van der Waals surface area contributed by atoms with Crippen LogP contribution in [0.25, 0.3) is 11.5 Å². The number of nitrogens with zero attached hydrogens (tertiary/aromatic N) is 1. The molecule has 0 atom stereocenters. The monoisotopic (exact) mass is 427 g/mol. The standard InChI is InChI=1S/C23H20F2N2O2S/c1-15-6-9-18(14-16(15)2)26-22(30)20(27-12-4-3-5-13-27)21(28)17-7-10-19(11-8-17)29-23(24)25/h3-14,23H,1-2H3,(H-,26,28,30)/p+1. The van der Waals surface area contributed by atoms with Crippen LogP contribution in [0, 0.1) is 13.8 Å². The smallest absolute Gasteiger partial charge is 0.387 e. The van der Waals surface area contributed by atoms with Crippen molar-refractivity contribution in [3.63, 3.8) is 0 Å². The van der Waals surface area contributed by atoms with Crippen molar-refractivity contribution in [1.82, 2.24) is 0 Å². The molecule has 0 unspecified atom stereocenters. The molecule has 1 heterocycles. The number of pyridine rings is 1. The number of aromatic nitrogens is 1. The molecule has 0 spiro atoms. The van der Waals surface area contributed by atoms with Gasteiger partial charge in [-0.15, -0.1) is 0 Å². The lowest BCUT2D eigenvalue weighted by Gasteiger charge is -2.12. The minimum atomic E-state index is -2.91. The molecule has 3 aromatic rings. The number of nitrogens with one attached hydrogen (secondary N) is 1. The third kappa shape index (κ3) is 5.18. The summed E-state index contributed by atoms with van der Waals surface area (Å²) in [7, 11) is 0. The number of thiocarbonyl (C=S) groups is 1. The van der Waals surface area contributed by atoms with E-state index in [-0.39, 0.29) is 11.5 Å². The Morgan fingerprint density at radius 1 is 1.00 bits per heavy atom. The maximum absolute atomic E-state index is 12.4. The topological polar surface area (TPSA) is 45.4 Å². The van der Waals surface area contributed by atoms with E-state index in [1.807, 2.05) is 50.2 Å². The molecule has 0 aliphatic carbocycles. The largest absolute Gasteiger partial charge is 0.502 e. The van der Waals surface area contributed by atoms with Crippen LogP contribution < -0.4 is 14.6 Å². The zero-order valence-corrected chi connectivity index (χ0v) is 17.3. The number of hydrogen-bond acceptors (Lipinski definition) is 3. The summed E-state index contributed by atoms with van der Waals surface area (Å²) in [6.45, 7) is 1.12. The minimum Gasteiger partial charge on any atom is -0.502 e. The summed E-state index contributed by atoms with van der Waals surface area (Å²) in [5.74, 6) is -0.0950. The Bertz CT molecular complexity index is 1070. The van der Waals surface area contributed by atoms with E-state index in [2.05, 4.69) is 10.1 Å². The SMILES string of the molecule is Cc1ccc(NC(=S)/C(=C(\O)c2ccc(OC(F)F)cc2)[n+]2ccccc2)cc1C. The van der Waals surface area contributed by atoms with Crippen molar-refractivity contribution in [3.8, 4) is 5.75 Å². The fraction of sp³-hybridized carbons (Fsp3) is 0.130. The summed E-state index contributed by atoms with van der Waals surface area (Å²) < 4.78 is 30.8. The summed E-state index contributed by atoms with van der Waals surface area (Å²) in [5, 5.41) is 14.2. The van der Waals surface area contributed by atoms with Crippen LogP contribution in [-0.2, 0) is 0 Å². The number of aliphatic hydroxyl groups is 1. The Hall–Kier alpha value is -3.32. The molecule has 2 N–H and O–H groups in total. The average molecular weight is 427 g/mol. The van der Waals surface area contributed by atoms with Gasteiger partial charge in [-0.3, -0.25) is 0 Å². The van der Waals surface area contributed by atoms with Gasteiger partial charge in [-0.2, -0.15) is 13.3 Å². The molecule has 1 aromatic heterocycles. The maximum Gasteiger partial charge on any atom is 0.387 e. The number of ether oxygens (including phenoxy) is 1. The van der Waals surface area contributed by atoms with E-state index < -0.39 is 6.61 Å². The van der Waals surface area contributed by atoms with Gasteiger partial charge in [0.25, 0.3) is 5.70 Å². The zero-order valence-electron chi connectivity index (χ0n) is 16.5. The van der Waals surface area contributed by atoms with Crippen molar-refractivity contribution < 1.29 is 23.2 Å². The minimum absolute atomic E-state index is 0.00583. The lowest BCUT2D eigenvalue weighted by Crippen LogP contribution is -2.38. The van der Waals surface area contributed by atoms with E-state index in [1.165, 1.54) is 24.3 Å². The van der Waals surface area contributed by atoms with Crippen molar-refractivity contribution in [2.45, 2.75) is 20.5 Å². The molecule has 0 bridgehead atoms. The Balaban J connectivity index is 1.99. The first-order chi connectivity index (χ1) is 14.3. The van der Waals surface area contributed by atoms with Crippen LogP contribution >= 0.6 is 12.2 Å². The van der Waals surface area contributed by atoms with Crippen LogP contribution in [0.15, 0.2) is 73.1 Å². The van der Waals surface area contributed by atoms with E-state index in [0.717, 1.165) is 16.8 Å². The Morgan fingerprint density at radius 2 is 1.67 bits per heavy atom. The summed E-state index contributed by atoms with van der Waals surface area (Å²) in [5.41, 5.74) is 3.83. The molecule has 0 amide bonds. The van der Waals surface area contributed by atoms with Gasteiger partial charge in [0, 0.05) is 23.4 Å². The first-order valence-electron chi connectivity index (χ1n) is 9.19. The number of halogens is 2. The van der Waals surface area contributed by atoms with Crippen LogP contribution in [-0.4, -0.2) is 16.7 Å². The fourth-order valence-electron chi connectivity index (χ4n) is 2.84. The zero-order chi connectivity index (χ0) is 21.7. The lowest BCUT2D eigenvalue weighted by molar-refractivity contribution is -0.575. The Labute approximate surface area is 179 Å². The van der Waals surface area contributed by atoms with Crippen LogP contribution in [0.2, 0.25) is 0 Å². The highest BCUT2D eigenvalue weighted by Crippen LogP contribution is 2.23. The van der Waals surface area contributed by atoms with Crippen molar-refractivity contribution >= 4 is 34.3 Å². The number of aryl methyl sites for hydroxylation is 2. The second kappa shape index (κ2) is 9.45. The van der Waals surface area contributed by atoms with E-state index in [9.17, 15) is 13.9 Å². The molecule has 4 nitrogen and oxygen atoms in total. The quantitative estimate of drug-likeness (QED) is 0.235. The van der Waals surface area contributed by atoms with Crippen LogP contribution in [0.3, 0.4) is 0 Å². The number of alkyl halides is 2. The van der Waals surface area contributed by atoms with Gasteiger partial charge in [-0.25, -0.2) is 0 Å². The van der Waals surface area contributed by atoms with Gasteiger partial charge in [0.1, 0.15) is 5.75 Å². The number of rotatable bonds is 6. The van der Waals surface area contributed by atoms with E-state index in [0.29, 0.717) is 16.2 Å². The second-order valence-corrected chi connectivity index (χ2v) is 7.04. The predicted octanol–water partition coefficient (Wildman–Crippen LogP) is 5.52. The van der Waals surface area contributed by atoms with Gasteiger partial charge in [-0.05, 0) is 61.4 Å². The molecule has 3 rings (SSSR count). The summed E-state index contributed by atoms with van der Waals surface area (Å²) in [4.78, 5) is 0.305. The van der Waals surface area contributed by atoms with Crippen LogP contribution in [0.5, 0.6) is 5.75 Å². The molecule has 7 heteroatoms. The molecule has 0 aliphatic rings. The molecule has 154 valence electrons. The number of hydrogen-bond donors (Lipinski definition) is 2. The predicted molar refractivity (Wildman–Crippen MR) is 118 cm³/mol. The van der Waals surface area contributed by atoms with Gasteiger partial charge >= 0.3 is 6.61 Å². The van der Waals surface area contributed by atoms with Gasteiger partial charge in [0.05, 0.1) is 0 Å². The van der Waals surface area contributed by atoms with Gasteiger partial charge in [-0.1, -0.05) is 24.4 Å². The third-order valence-electron chi connectivity index (χ3n) is 4.53. The Morgan fingerprint density at radius 3 is 2.27 bits per heavy atom. The first kappa shape index (κ1) is 21.4. The number of benzene rings is 2. The lowest BCUT2D eigenvalue weighted by atomic mass is 10.1. The maximum atomic E-state index is 12.4. The fourth-order valence-corrected chi connectivity index (χ4v) is 3.16. The van der Waals surface area contributed by atoms with E-state index >= 15 is 0 Å². The average Bonchev–Trinajstić information content (AvgIpc) is 2.72. The molecule has 0 radical (unpaired) electrons. The normalized spacial score (nSPS) is 11.8. The summed E-state index contributed by atoms with van der Waals surface area (Å²) >= 11 is 5.60. The highest BCUT2D eigenvalue weighted by molar-refractivity contribution is 7.81. The third-order valence-corrected chi connectivity index (χ3v) is 4.83. The van der Waals surface area contributed by atoms with Crippen molar-refractivity contribution in [1.29, 1.82) is 0 Å². The van der Waals surface area contributed by atoms with Crippen molar-refractivity contribution in [2.24, 2.45) is 0 Å². The molecular weight excluding hydrogens is 406 g/mol. The molecule has 0 saturated heterocycles. The van der Waals surface area contributed by atoms with Crippen LogP contribution in [0.4, 0.5) is 14.5 Å². The van der Waals surface area contributed by atoms with E-state index in [1.54, 1.807) is 17.0 Å². The second-order valence-electron chi connectivity index (χ2n) is 6.64. The van der Waals surface area contributed by atoms with Crippen molar-refractivity contribution in [3.05, 3.63) is 89.7 Å². The number of anilines is 1. The molecule has 0 fully saturated rings. The van der Waals surface area contributed by atoms with Gasteiger partial charge in [0.15, 0.2) is 23.1 Å². The van der Waals surface area contributed by atoms with Crippen molar-refractivity contribution in [2.75, 3.05) is 5.32 Å². The molecular formula is C23H21F2N2O2S+. The van der Waals surface area contributed by atoms with E-state index in [4.69, 9.17) is 12.2 Å². The van der Waals surface area contributed by atoms with Gasteiger partial charge < -0.3 is 15.2 Å². The van der Waals surface area contributed by atoms with Crippen LogP contribution in [0.1, 0.15) is 16.7 Å².